The van der Waals surface area contributed by atoms with Crippen molar-refractivity contribution in [2.24, 2.45) is 0 Å². The van der Waals surface area contributed by atoms with E-state index in [2.05, 4.69) is 15.7 Å². The molecular formula is C11H23N3O2. The van der Waals surface area contributed by atoms with Crippen LogP contribution in [0.2, 0.25) is 0 Å². The molecule has 0 aromatic heterocycles. The summed E-state index contributed by atoms with van der Waals surface area (Å²) in [7, 11) is 0. The summed E-state index contributed by atoms with van der Waals surface area (Å²) < 4.78 is 0. The Morgan fingerprint density at radius 2 is 2.12 bits per heavy atom. The van der Waals surface area contributed by atoms with Gasteiger partial charge in [0.25, 0.3) is 5.91 Å². The Balaban J connectivity index is 2.22. The smallest absolute Gasteiger partial charge is 0.257 e. The quantitative estimate of drug-likeness (QED) is 0.675. The van der Waals surface area contributed by atoms with Crippen LogP contribution in [0, 0.1) is 0 Å². The zero-order chi connectivity index (χ0) is 12.0. The Labute approximate surface area is 97.5 Å². The fourth-order valence-electron chi connectivity index (χ4n) is 1.51. The third kappa shape index (κ3) is 6.05. The molecule has 0 unspecified atom stereocenters. The summed E-state index contributed by atoms with van der Waals surface area (Å²) in [5, 5.41) is 3.30. The van der Waals surface area contributed by atoms with Crippen LogP contribution >= 0.6 is 0 Å². The lowest BCUT2D eigenvalue weighted by atomic mass is 10.2. The van der Waals surface area contributed by atoms with Crippen LogP contribution < -0.4 is 10.8 Å². The molecule has 0 aromatic carbocycles. The Bertz CT molecular complexity index is 218. The van der Waals surface area contributed by atoms with E-state index < -0.39 is 0 Å². The molecule has 5 heteroatoms. The summed E-state index contributed by atoms with van der Waals surface area (Å²) in [6, 6.07) is 0. The fourth-order valence-corrected chi connectivity index (χ4v) is 1.51. The molecule has 16 heavy (non-hydrogen) atoms. The van der Waals surface area contributed by atoms with Crippen LogP contribution in [0.25, 0.3) is 0 Å². The molecule has 0 aromatic rings. The molecule has 2 N–H and O–H groups in total. The molecule has 1 fully saturated rings. The average molecular weight is 229 g/mol. The molecule has 1 rings (SSSR count). The van der Waals surface area contributed by atoms with Gasteiger partial charge in [0.1, 0.15) is 0 Å². The van der Waals surface area contributed by atoms with Crippen molar-refractivity contribution in [3.63, 3.8) is 0 Å². The summed E-state index contributed by atoms with van der Waals surface area (Å²) in [6.07, 6.45) is 1.09. The fraction of sp³-hybridized carbons (Fsp3) is 0.909. The number of hydrogen-bond donors (Lipinski definition) is 2. The highest BCUT2D eigenvalue weighted by Gasteiger charge is 2.16. The first-order valence-corrected chi connectivity index (χ1v) is 5.87. The van der Waals surface area contributed by atoms with Crippen molar-refractivity contribution in [3.05, 3.63) is 0 Å². The van der Waals surface area contributed by atoms with Crippen molar-refractivity contribution in [2.75, 3.05) is 32.7 Å². The minimum Gasteiger partial charge on any atom is -0.315 e. The van der Waals surface area contributed by atoms with Crippen LogP contribution in [0.3, 0.4) is 0 Å². The van der Waals surface area contributed by atoms with Crippen LogP contribution in [0.5, 0.6) is 0 Å². The maximum Gasteiger partial charge on any atom is 0.257 e. The number of amides is 1. The second-order valence-electron chi connectivity index (χ2n) is 5.12. The van der Waals surface area contributed by atoms with Crippen molar-refractivity contribution in [1.82, 2.24) is 15.7 Å². The van der Waals surface area contributed by atoms with E-state index in [1.54, 1.807) is 0 Å². The van der Waals surface area contributed by atoms with Crippen LogP contribution in [0.4, 0.5) is 0 Å². The van der Waals surface area contributed by atoms with E-state index in [9.17, 15) is 4.79 Å². The molecule has 1 aliphatic rings. The monoisotopic (exact) mass is 229 g/mol. The molecule has 0 bridgehead atoms. The van der Waals surface area contributed by atoms with E-state index in [1.165, 1.54) is 0 Å². The van der Waals surface area contributed by atoms with Crippen LogP contribution in [-0.4, -0.2) is 49.1 Å². The second-order valence-corrected chi connectivity index (χ2v) is 5.12. The first-order valence-electron chi connectivity index (χ1n) is 5.87. The van der Waals surface area contributed by atoms with Crippen molar-refractivity contribution >= 4 is 5.91 Å². The average Bonchev–Trinajstić information content (AvgIpc) is 2.42. The van der Waals surface area contributed by atoms with Gasteiger partial charge in [0.05, 0.1) is 12.1 Å². The SMILES string of the molecule is CC(C)(C)ONC(=O)CN1CCCNCC1. The highest BCUT2D eigenvalue weighted by Crippen LogP contribution is 2.03. The first-order chi connectivity index (χ1) is 7.47. The molecule has 5 nitrogen and oxygen atoms in total. The summed E-state index contributed by atoms with van der Waals surface area (Å²) >= 11 is 0. The number of rotatable bonds is 3. The Kier molecular flexibility index (Phi) is 5.18. The van der Waals surface area contributed by atoms with E-state index >= 15 is 0 Å². The highest BCUT2D eigenvalue weighted by atomic mass is 16.7. The predicted octanol–water partition coefficient (Wildman–Crippen LogP) is 0.128. The number of carbonyl (C=O) groups excluding carboxylic acids is 1. The molecule has 1 saturated heterocycles. The first kappa shape index (κ1) is 13.4. The van der Waals surface area contributed by atoms with Crippen molar-refractivity contribution in [3.8, 4) is 0 Å². The Hall–Kier alpha value is -0.650. The summed E-state index contributed by atoms with van der Waals surface area (Å²) in [5.41, 5.74) is 2.15. The van der Waals surface area contributed by atoms with E-state index in [0.29, 0.717) is 6.54 Å². The molecular weight excluding hydrogens is 206 g/mol. The van der Waals surface area contributed by atoms with Gasteiger partial charge in [-0.15, -0.1) is 0 Å². The number of carbonyl (C=O) groups is 1. The summed E-state index contributed by atoms with van der Waals surface area (Å²) in [4.78, 5) is 18.9. The second kappa shape index (κ2) is 6.18. The lowest BCUT2D eigenvalue weighted by Crippen LogP contribution is -2.41. The maximum absolute atomic E-state index is 11.6. The minimum absolute atomic E-state index is 0.0724. The van der Waals surface area contributed by atoms with Gasteiger partial charge in [0, 0.05) is 13.1 Å². The van der Waals surface area contributed by atoms with Crippen LogP contribution in [-0.2, 0) is 9.63 Å². The molecule has 0 saturated carbocycles. The zero-order valence-corrected chi connectivity index (χ0v) is 10.5. The molecule has 0 radical (unpaired) electrons. The topological polar surface area (TPSA) is 53.6 Å². The largest absolute Gasteiger partial charge is 0.315 e. The number of hydroxylamine groups is 1. The predicted molar refractivity (Wildman–Crippen MR) is 62.9 cm³/mol. The lowest BCUT2D eigenvalue weighted by Gasteiger charge is -2.22. The normalized spacial score (nSPS) is 19.2. The Morgan fingerprint density at radius 3 is 2.81 bits per heavy atom. The van der Waals surface area contributed by atoms with E-state index in [-0.39, 0.29) is 11.5 Å². The van der Waals surface area contributed by atoms with Crippen molar-refractivity contribution in [1.29, 1.82) is 0 Å². The zero-order valence-electron chi connectivity index (χ0n) is 10.5. The van der Waals surface area contributed by atoms with Gasteiger partial charge in [0.2, 0.25) is 0 Å². The molecule has 94 valence electrons. The highest BCUT2D eigenvalue weighted by molar-refractivity contribution is 5.76. The summed E-state index contributed by atoms with van der Waals surface area (Å²) in [6.45, 7) is 10.0. The number of nitrogens with zero attached hydrogens (tertiary/aromatic N) is 1. The van der Waals surface area contributed by atoms with Gasteiger partial charge in [-0.2, -0.15) is 0 Å². The van der Waals surface area contributed by atoms with E-state index in [1.807, 2.05) is 20.8 Å². The van der Waals surface area contributed by atoms with Gasteiger partial charge in [-0.3, -0.25) is 14.5 Å². The molecule has 1 heterocycles. The number of hydrogen-bond acceptors (Lipinski definition) is 4. The molecule has 1 amide bonds. The van der Waals surface area contributed by atoms with Gasteiger partial charge in [0.15, 0.2) is 0 Å². The van der Waals surface area contributed by atoms with Gasteiger partial charge in [-0.05, 0) is 40.3 Å². The van der Waals surface area contributed by atoms with Crippen LogP contribution in [0.15, 0.2) is 0 Å². The maximum atomic E-state index is 11.6. The molecule has 0 atom stereocenters. The summed E-state index contributed by atoms with van der Waals surface area (Å²) in [5.74, 6) is -0.0724. The van der Waals surface area contributed by atoms with Crippen molar-refractivity contribution in [2.45, 2.75) is 32.8 Å². The van der Waals surface area contributed by atoms with E-state index in [0.717, 1.165) is 32.6 Å². The molecule has 1 aliphatic heterocycles. The van der Waals surface area contributed by atoms with Gasteiger partial charge < -0.3 is 5.32 Å². The lowest BCUT2D eigenvalue weighted by molar-refractivity contribution is -0.146. The molecule has 0 spiro atoms. The minimum atomic E-state index is -0.337. The third-order valence-electron chi connectivity index (χ3n) is 2.27. The van der Waals surface area contributed by atoms with Gasteiger partial charge in [-0.1, -0.05) is 0 Å². The Morgan fingerprint density at radius 1 is 1.38 bits per heavy atom. The van der Waals surface area contributed by atoms with Crippen LogP contribution in [0.1, 0.15) is 27.2 Å². The number of nitrogens with one attached hydrogen (secondary N) is 2. The molecule has 0 aliphatic carbocycles. The van der Waals surface area contributed by atoms with Gasteiger partial charge in [-0.25, -0.2) is 5.48 Å². The third-order valence-corrected chi connectivity index (χ3v) is 2.27. The van der Waals surface area contributed by atoms with Crippen molar-refractivity contribution < 1.29 is 9.63 Å². The van der Waals surface area contributed by atoms with E-state index in [4.69, 9.17) is 4.84 Å². The van der Waals surface area contributed by atoms with Gasteiger partial charge >= 0.3 is 0 Å². The standard InChI is InChI=1S/C11H23N3O2/c1-11(2,3)16-13-10(15)9-14-7-4-5-12-6-8-14/h12H,4-9H2,1-3H3,(H,13,15).